The van der Waals surface area contributed by atoms with Gasteiger partial charge < -0.3 is 5.32 Å². The van der Waals surface area contributed by atoms with E-state index in [-0.39, 0.29) is 11.9 Å². The first kappa shape index (κ1) is 13.6. The summed E-state index contributed by atoms with van der Waals surface area (Å²) in [6.45, 7) is 0. The molecule has 0 heterocycles. The highest BCUT2D eigenvalue weighted by molar-refractivity contribution is 9.09. The maximum Gasteiger partial charge on any atom is 0.220 e. The fraction of sp³-hybridized carbons (Fsp3) is 0.533. The van der Waals surface area contributed by atoms with E-state index in [1.165, 1.54) is 18.4 Å². The molecule has 0 radical (unpaired) electrons. The number of rotatable bonds is 7. The standard InChI is InChI=1S/C15H20BrNO/c16-11-5-4-8-14(18)17-15(13-9-10-13)12-6-2-1-3-7-12/h1-3,6-7,13,15H,4-5,8-11H2,(H,17,18). The molecule has 0 aromatic heterocycles. The molecule has 1 aromatic rings. The molecule has 1 aliphatic rings. The van der Waals surface area contributed by atoms with Crippen LogP contribution in [-0.4, -0.2) is 11.2 Å². The molecule has 0 saturated heterocycles. The summed E-state index contributed by atoms with van der Waals surface area (Å²) in [4.78, 5) is 11.9. The van der Waals surface area contributed by atoms with Crippen LogP contribution in [0.2, 0.25) is 0 Å². The third kappa shape index (κ3) is 4.13. The average molecular weight is 310 g/mol. The molecule has 1 unspecified atom stereocenters. The number of halogens is 1. The van der Waals surface area contributed by atoms with E-state index in [0.29, 0.717) is 12.3 Å². The number of nitrogens with one attached hydrogen (secondary N) is 1. The molecule has 3 heteroatoms. The first-order valence-corrected chi connectivity index (χ1v) is 7.83. The average Bonchev–Trinajstić information content (AvgIpc) is 3.22. The minimum atomic E-state index is 0.191. The Balaban J connectivity index is 1.89. The molecular weight excluding hydrogens is 290 g/mol. The van der Waals surface area contributed by atoms with Gasteiger partial charge in [-0.25, -0.2) is 0 Å². The van der Waals surface area contributed by atoms with Gasteiger partial charge in [-0.3, -0.25) is 4.79 Å². The quantitative estimate of drug-likeness (QED) is 0.602. The Kier molecular flexibility index (Phi) is 5.24. The fourth-order valence-electron chi connectivity index (χ4n) is 2.19. The molecule has 1 atom stereocenters. The monoisotopic (exact) mass is 309 g/mol. The van der Waals surface area contributed by atoms with Gasteiger partial charge in [0.1, 0.15) is 0 Å². The van der Waals surface area contributed by atoms with Crippen LogP contribution in [0.15, 0.2) is 30.3 Å². The highest BCUT2D eigenvalue weighted by Gasteiger charge is 2.33. The molecular formula is C15H20BrNO. The van der Waals surface area contributed by atoms with Crippen LogP contribution >= 0.6 is 15.9 Å². The van der Waals surface area contributed by atoms with E-state index in [2.05, 4.69) is 33.4 Å². The van der Waals surface area contributed by atoms with E-state index in [1.54, 1.807) is 0 Å². The van der Waals surface area contributed by atoms with Gasteiger partial charge in [0.2, 0.25) is 5.91 Å². The van der Waals surface area contributed by atoms with Gasteiger partial charge in [-0.05, 0) is 37.2 Å². The third-order valence-corrected chi connectivity index (χ3v) is 3.92. The van der Waals surface area contributed by atoms with Gasteiger partial charge in [-0.2, -0.15) is 0 Å². The van der Waals surface area contributed by atoms with Crippen LogP contribution in [0.1, 0.15) is 43.7 Å². The highest BCUT2D eigenvalue weighted by atomic mass is 79.9. The Morgan fingerprint density at radius 2 is 2.00 bits per heavy atom. The number of unbranched alkanes of at least 4 members (excludes halogenated alkanes) is 1. The smallest absolute Gasteiger partial charge is 0.220 e. The lowest BCUT2D eigenvalue weighted by molar-refractivity contribution is -0.122. The van der Waals surface area contributed by atoms with Gasteiger partial charge >= 0.3 is 0 Å². The van der Waals surface area contributed by atoms with Crippen molar-refractivity contribution in [3.8, 4) is 0 Å². The Morgan fingerprint density at radius 3 is 2.61 bits per heavy atom. The lowest BCUT2D eigenvalue weighted by atomic mass is 10.0. The van der Waals surface area contributed by atoms with E-state index in [0.717, 1.165) is 18.2 Å². The zero-order chi connectivity index (χ0) is 12.8. The summed E-state index contributed by atoms with van der Waals surface area (Å²) in [5.74, 6) is 0.837. The minimum absolute atomic E-state index is 0.191. The number of benzene rings is 1. The number of carbonyl (C=O) groups is 1. The molecule has 2 nitrogen and oxygen atoms in total. The predicted molar refractivity (Wildman–Crippen MR) is 77.7 cm³/mol. The maximum absolute atomic E-state index is 11.9. The van der Waals surface area contributed by atoms with E-state index >= 15 is 0 Å². The van der Waals surface area contributed by atoms with E-state index in [4.69, 9.17) is 0 Å². The summed E-state index contributed by atoms with van der Waals surface area (Å²) >= 11 is 3.39. The maximum atomic E-state index is 11.9. The molecule has 0 aliphatic heterocycles. The molecule has 0 bridgehead atoms. The number of carbonyl (C=O) groups excluding carboxylic acids is 1. The van der Waals surface area contributed by atoms with Crippen molar-refractivity contribution in [2.24, 2.45) is 5.92 Å². The van der Waals surface area contributed by atoms with Crippen molar-refractivity contribution in [1.82, 2.24) is 5.32 Å². The van der Waals surface area contributed by atoms with Gasteiger partial charge in [-0.15, -0.1) is 0 Å². The van der Waals surface area contributed by atoms with Crippen molar-refractivity contribution in [3.05, 3.63) is 35.9 Å². The van der Waals surface area contributed by atoms with Crippen LogP contribution in [0.3, 0.4) is 0 Å². The third-order valence-electron chi connectivity index (χ3n) is 3.36. The highest BCUT2D eigenvalue weighted by Crippen LogP contribution is 2.40. The van der Waals surface area contributed by atoms with Crippen molar-refractivity contribution in [2.75, 3.05) is 5.33 Å². The molecule has 0 spiro atoms. The second-order valence-corrected chi connectivity index (χ2v) is 5.73. The van der Waals surface area contributed by atoms with Crippen LogP contribution in [0.4, 0.5) is 0 Å². The zero-order valence-corrected chi connectivity index (χ0v) is 12.2. The van der Waals surface area contributed by atoms with Gasteiger partial charge in [0, 0.05) is 11.8 Å². The van der Waals surface area contributed by atoms with Crippen LogP contribution in [0, 0.1) is 5.92 Å². The second-order valence-electron chi connectivity index (χ2n) is 4.94. The van der Waals surface area contributed by atoms with Crippen molar-refractivity contribution in [2.45, 2.75) is 38.1 Å². The summed E-state index contributed by atoms with van der Waals surface area (Å²) in [5, 5.41) is 4.18. The predicted octanol–water partition coefficient (Wildman–Crippen LogP) is 3.82. The van der Waals surface area contributed by atoms with E-state index < -0.39 is 0 Å². The van der Waals surface area contributed by atoms with Crippen molar-refractivity contribution < 1.29 is 4.79 Å². The molecule has 1 amide bonds. The fourth-order valence-corrected chi connectivity index (χ4v) is 2.59. The van der Waals surface area contributed by atoms with Crippen molar-refractivity contribution in [1.29, 1.82) is 0 Å². The molecule has 2 rings (SSSR count). The van der Waals surface area contributed by atoms with Crippen LogP contribution in [0.25, 0.3) is 0 Å². The SMILES string of the molecule is O=C(CCCCBr)NC(c1ccccc1)C1CC1. The zero-order valence-electron chi connectivity index (χ0n) is 10.6. The molecule has 1 saturated carbocycles. The van der Waals surface area contributed by atoms with Gasteiger partial charge in [0.25, 0.3) is 0 Å². The van der Waals surface area contributed by atoms with E-state index in [9.17, 15) is 4.79 Å². The second kappa shape index (κ2) is 6.93. The Hall–Kier alpha value is -0.830. The van der Waals surface area contributed by atoms with Gasteiger partial charge in [0.15, 0.2) is 0 Å². The largest absolute Gasteiger partial charge is 0.349 e. The van der Waals surface area contributed by atoms with Crippen LogP contribution < -0.4 is 5.32 Å². The topological polar surface area (TPSA) is 29.1 Å². The van der Waals surface area contributed by atoms with Crippen LogP contribution in [-0.2, 0) is 4.79 Å². The lowest BCUT2D eigenvalue weighted by Gasteiger charge is -2.18. The summed E-state index contributed by atoms with van der Waals surface area (Å²) in [5.41, 5.74) is 1.24. The molecule has 1 aliphatic carbocycles. The molecule has 1 fully saturated rings. The van der Waals surface area contributed by atoms with Gasteiger partial charge in [0.05, 0.1) is 6.04 Å². The summed E-state index contributed by atoms with van der Waals surface area (Å²) in [6, 6.07) is 10.6. The lowest BCUT2D eigenvalue weighted by Crippen LogP contribution is -2.29. The normalized spacial score (nSPS) is 16.3. The van der Waals surface area contributed by atoms with Crippen molar-refractivity contribution in [3.63, 3.8) is 0 Å². The minimum Gasteiger partial charge on any atom is -0.349 e. The van der Waals surface area contributed by atoms with Gasteiger partial charge in [-0.1, -0.05) is 46.3 Å². The molecule has 1 aromatic carbocycles. The summed E-state index contributed by atoms with van der Waals surface area (Å²) < 4.78 is 0. The van der Waals surface area contributed by atoms with E-state index in [1.807, 2.05) is 18.2 Å². The molecule has 98 valence electrons. The summed E-state index contributed by atoms with van der Waals surface area (Å²) in [7, 11) is 0. The Bertz CT molecular complexity index is 375. The molecule has 1 N–H and O–H groups in total. The summed E-state index contributed by atoms with van der Waals surface area (Å²) in [6.07, 6.45) is 5.14. The number of hydrogen-bond acceptors (Lipinski definition) is 1. The van der Waals surface area contributed by atoms with Crippen LogP contribution in [0.5, 0.6) is 0 Å². The number of amides is 1. The molecule has 18 heavy (non-hydrogen) atoms. The number of hydrogen-bond donors (Lipinski definition) is 1. The Labute approximate surface area is 117 Å². The first-order valence-electron chi connectivity index (χ1n) is 6.71. The Morgan fingerprint density at radius 1 is 1.28 bits per heavy atom. The number of alkyl halides is 1. The van der Waals surface area contributed by atoms with Crippen molar-refractivity contribution >= 4 is 21.8 Å². The first-order chi connectivity index (χ1) is 8.81.